The summed E-state index contributed by atoms with van der Waals surface area (Å²) in [5.74, 6) is 3.28. The van der Waals surface area contributed by atoms with E-state index in [9.17, 15) is 4.79 Å². The number of nitrogens with zero attached hydrogens (tertiary/aromatic N) is 1. The van der Waals surface area contributed by atoms with Gasteiger partial charge in [-0.1, -0.05) is 23.6 Å². The van der Waals surface area contributed by atoms with Crippen molar-refractivity contribution in [3.05, 3.63) is 58.2 Å². The quantitative estimate of drug-likeness (QED) is 0.423. The molecule has 29 heavy (non-hydrogen) atoms. The van der Waals surface area contributed by atoms with Gasteiger partial charge in [0.15, 0.2) is 16.6 Å². The molecule has 1 aliphatic heterocycles. The largest absolute Gasteiger partial charge is 0.490 e. The average Bonchev–Trinajstić information content (AvgIpc) is 2.95. The molecule has 1 aliphatic rings. The van der Waals surface area contributed by atoms with Gasteiger partial charge in [0.05, 0.1) is 12.3 Å². The first-order valence-electron chi connectivity index (χ1n) is 8.91. The summed E-state index contributed by atoms with van der Waals surface area (Å²) in [6.45, 7) is 4.37. The maximum Gasteiger partial charge on any atom is 0.281 e. The number of carbonyl (C=O) groups is 1. The van der Waals surface area contributed by atoms with Crippen LogP contribution in [-0.4, -0.2) is 24.2 Å². The first-order valence-corrected chi connectivity index (χ1v) is 9.69. The van der Waals surface area contributed by atoms with Crippen LogP contribution >= 0.6 is 23.8 Å². The summed E-state index contributed by atoms with van der Waals surface area (Å²) >= 11 is 11.4. The van der Waals surface area contributed by atoms with Gasteiger partial charge in [-0.2, -0.15) is 0 Å². The fraction of sp³-hybridized carbons (Fsp3) is 0.182. The minimum Gasteiger partial charge on any atom is -0.490 e. The number of amides is 1. The Morgan fingerprint density at radius 2 is 2.03 bits per heavy atom. The van der Waals surface area contributed by atoms with Gasteiger partial charge in [0.2, 0.25) is 0 Å². The molecule has 0 aliphatic carbocycles. The van der Waals surface area contributed by atoms with E-state index >= 15 is 0 Å². The van der Waals surface area contributed by atoms with E-state index in [-0.39, 0.29) is 12.5 Å². The van der Waals surface area contributed by atoms with Crippen molar-refractivity contribution in [3.8, 4) is 23.8 Å². The van der Waals surface area contributed by atoms with E-state index in [1.807, 2.05) is 19.9 Å². The fourth-order valence-electron chi connectivity index (χ4n) is 2.91. The number of anilines is 1. The molecule has 0 bridgehead atoms. The van der Waals surface area contributed by atoms with Gasteiger partial charge in [0.1, 0.15) is 12.3 Å². The Labute approximate surface area is 180 Å². The highest BCUT2D eigenvalue weighted by Crippen LogP contribution is 2.31. The van der Waals surface area contributed by atoms with Gasteiger partial charge >= 0.3 is 0 Å². The Morgan fingerprint density at radius 3 is 2.72 bits per heavy atom. The number of hydrogen-bond acceptors (Lipinski definition) is 4. The standard InChI is InChI=1S/C22H19ClN2O3S/c1-4-10-28-19-9-6-15(13-20(19)27-5-2)12-17-21(26)25(22(29)24-17)18-8-7-16(23)11-14(18)3/h1,6-9,11-13H,5,10H2,2-3H3,(H,24,29)/b17-12-. The molecule has 148 valence electrons. The van der Waals surface area contributed by atoms with Crippen LogP contribution in [0.25, 0.3) is 6.08 Å². The second kappa shape index (κ2) is 8.99. The molecular formula is C22H19ClN2O3S. The number of ether oxygens (including phenoxy) is 2. The van der Waals surface area contributed by atoms with Crippen molar-refractivity contribution in [2.45, 2.75) is 13.8 Å². The molecule has 3 rings (SSSR count). The Morgan fingerprint density at radius 1 is 1.24 bits per heavy atom. The molecule has 0 unspecified atom stereocenters. The SMILES string of the molecule is C#CCOc1ccc(/C=C2\NC(=S)N(c3ccc(Cl)cc3C)C2=O)cc1OCC. The minimum absolute atomic E-state index is 0.143. The Hall–Kier alpha value is -3.01. The number of aryl methyl sites for hydroxylation is 1. The average molecular weight is 427 g/mol. The third kappa shape index (κ3) is 4.53. The lowest BCUT2D eigenvalue weighted by molar-refractivity contribution is -0.113. The number of halogens is 1. The topological polar surface area (TPSA) is 50.8 Å². The van der Waals surface area contributed by atoms with Crippen LogP contribution in [0, 0.1) is 19.3 Å². The van der Waals surface area contributed by atoms with Crippen molar-refractivity contribution in [2.24, 2.45) is 0 Å². The van der Waals surface area contributed by atoms with E-state index in [1.165, 1.54) is 4.90 Å². The van der Waals surface area contributed by atoms with Crippen molar-refractivity contribution < 1.29 is 14.3 Å². The van der Waals surface area contributed by atoms with Gasteiger partial charge in [-0.25, -0.2) is 0 Å². The predicted molar refractivity (Wildman–Crippen MR) is 119 cm³/mol. The van der Waals surface area contributed by atoms with Crippen LogP contribution < -0.4 is 19.7 Å². The molecular weight excluding hydrogens is 408 g/mol. The summed E-state index contributed by atoms with van der Waals surface area (Å²) in [4.78, 5) is 14.4. The van der Waals surface area contributed by atoms with Gasteiger partial charge in [0, 0.05) is 5.02 Å². The highest BCUT2D eigenvalue weighted by molar-refractivity contribution is 7.80. The number of hydrogen-bond donors (Lipinski definition) is 1. The molecule has 2 aromatic rings. The molecule has 1 heterocycles. The lowest BCUT2D eigenvalue weighted by Crippen LogP contribution is -2.30. The number of rotatable bonds is 6. The van der Waals surface area contributed by atoms with Crippen LogP contribution in [-0.2, 0) is 4.79 Å². The maximum absolute atomic E-state index is 13.0. The Bertz CT molecular complexity index is 1040. The molecule has 1 N–H and O–H groups in total. The lowest BCUT2D eigenvalue weighted by atomic mass is 10.1. The molecule has 7 heteroatoms. The minimum atomic E-state index is -0.244. The number of terminal acetylenes is 1. The van der Waals surface area contributed by atoms with Crippen LogP contribution in [0.4, 0.5) is 5.69 Å². The van der Waals surface area contributed by atoms with Crippen LogP contribution in [0.3, 0.4) is 0 Å². The second-order valence-electron chi connectivity index (χ2n) is 6.19. The molecule has 0 spiro atoms. The van der Waals surface area contributed by atoms with E-state index in [0.29, 0.717) is 39.6 Å². The third-order valence-corrected chi connectivity index (χ3v) is 4.69. The molecule has 1 fully saturated rings. The van der Waals surface area contributed by atoms with E-state index in [2.05, 4.69) is 11.2 Å². The van der Waals surface area contributed by atoms with Gasteiger partial charge in [-0.15, -0.1) is 6.42 Å². The predicted octanol–water partition coefficient (Wildman–Crippen LogP) is 4.32. The van der Waals surface area contributed by atoms with E-state index in [4.69, 9.17) is 39.7 Å². The summed E-state index contributed by atoms with van der Waals surface area (Å²) in [7, 11) is 0. The normalized spacial score (nSPS) is 14.7. The first-order chi connectivity index (χ1) is 13.9. The summed E-state index contributed by atoms with van der Waals surface area (Å²) < 4.78 is 11.1. The monoisotopic (exact) mass is 426 g/mol. The molecule has 0 atom stereocenters. The molecule has 5 nitrogen and oxygen atoms in total. The molecule has 0 radical (unpaired) electrons. The van der Waals surface area contributed by atoms with Gasteiger partial charge in [-0.3, -0.25) is 9.69 Å². The van der Waals surface area contributed by atoms with Crippen molar-refractivity contribution >= 4 is 46.6 Å². The highest BCUT2D eigenvalue weighted by Gasteiger charge is 2.32. The van der Waals surface area contributed by atoms with Gasteiger partial charge < -0.3 is 14.8 Å². The zero-order valence-electron chi connectivity index (χ0n) is 16.0. The van der Waals surface area contributed by atoms with Crippen molar-refractivity contribution in [1.29, 1.82) is 0 Å². The fourth-order valence-corrected chi connectivity index (χ4v) is 3.43. The Balaban J connectivity index is 1.91. The number of nitrogens with one attached hydrogen (secondary N) is 1. The van der Waals surface area contributed by atoms with Gasteiger partial charge in [-0.05, 0) is 73.6 Å². The lowest BCUT2D eigenvalue weighted by Gasteiger charge is -2.16. The summed E-state index contributed by atoms with van der Waals surface area (Å²) in [5, 5.41) is 3.89. The molecule has 0 aromatic heterocycles. The number of benzene rings is 2. The second-order valence-corrected chi connectivity index (χ2v) is 7.01. The summed E-state index contributed by atoms with van der Waals surface area (Å²) in [5.41, 5.74) is 2.66. The van der Waals surface area contributed by atoms with Crippen LogP contribution in [0.5, 0.6) is 11.5 Å². The van der Waals surface area contributed by atoms with Crippen LogP contribution in [0.1, 0.15) is 18.1 Å². The smallest absolute Gasteiger partial charge is 0.281 e. The third-order valence-electron chi connectivity index (χ3n) is 4.17. The Kier molecular flexibility index (Phi) is 6.42. The maximum atomic E-state index is 13.0. The molecule has 1 amide bonds. The van der Waals surface area contributed by atoms with Crippen molar-refractivity contribution in [2.75, 3.05) is 18.1 Å². The highest BCUT2D eigenvalue weighted by atomic mass is 35.5. The first kappa shape index (κ1) is 20.7. The number of thiocarbonyl (C=S) groups is 1. The summed E-state index contributed by atoms with van der Waals surface area (Å²) in [6, 6.07) is 10.7. The molecule has 0 saturated carbocycles. The number of carbonyl (C=O) groups excluding carboxylic acids is 1. The van der Waals surface area contributed by atoms with E-state index in [1.54, 1.807) is 36.4 Å². The van der Waals surface area contributed by atoms with Crippen molar-refractivity contribution in [3.63, 3.8) is 0 Å². The summed E-state index contributed by atoms with van der Waals surface area (Å²) in [6.07, 6.45) is 6.97. The van der Waals surface area contributed by atoms with E-state index < -0.39 is 0 Å². The van der Waals surface area contributed by atoms with Crippen LogP contribution in [0.2, 0.25) is 5.02 Å². The zero-order chi connectivity index (χ0) is 21.0. The van der Waals surface area contributed by atoms with Crippen LogP contribution in [0.15, 0.2) is 42.1 Å². The van der Waals surface area contributed by atoms with E-state index in [0.717, 1.165) is 11.1 Å². The van der Waals surface area contributed by atoms with Gasteiger partial charge in [0.25, 0.3) is 5.91 Å². The molecule has 1 saturated heterocycles. The zero-order valence-corrected chi connectivity index (χ0v) is 17.6. The molecule has 2 aromatic carbocycles. The van der Waals surface area contributed by atoms with Crippen molar-refractivity contribution in [1.82, 2.24) is 5.32 Å².